The molecule has 1 N–H and O–H groups in total. The van der Waals surface area contributed by atoms with E-state index in [-0.39, 0.29) is 47.6 Å². The first kappa shape index (κ1) is 15.8. The molecule has 3 fully saturated rings. The van der Waals surface area contributed by atoms with Crippen LogP contribution in [0.25, 0.3) is 0 Å². The van der Waals surface area contributed by atoms with Crippen molar-refractivity contribution in [2.75, 3.05) is 11.9 Å². The van der Waals surface area contributed by atoms with Gasteiger partial charge in [0.2, 0.25) is 17.7 Å². The lowest BCUT2D eigenvalue weighted by Crippen LogP contribution is -2.39. The fourth-order valence-corrected chi connectivity index (χ4v) is 4.66. The summed E-state index contributed by atoms with van der Waals surface area (Å²) in [6.07, 6.45) is 2.95. The van der Waals surface area contributed by atoms with Crippen LogP contribution in [-0.4, -0.2) is 35.1 Å². The topological polar surface area (TPSA) is 107 Å². The van der Waals surface area contributed by atoms with E-state index in [1.807, 2.05) is 0 Å². The molecule has 1 aromatic rings. The second-order valence-electron chi connectivity index (χ2n) is 7.06. The van der Waals surface area contributed by atoms with Gasteiger partial charge in [-0.25, -0.2) is 0 Å². The summed E-state index contributed by atoms with van der Waals surface area (Å²) in [6.45, 7) is -0.299. The van der Waals surface area contributed by atoms with Crippen molar-refractivity contribution in [2.45, 2.75) is 19.3 Å². The molecule has 0 aromatic heterocycles. The van der Waals surface area contributed by atoms with E-state index in [0.717, 1.165) is 24.2 Å². The number of carbonyl (C=O) groups is 4. The van der Waals surface area contributed by atoms with E-state index in [0.29, 0.717) is 5.69 Å². The summed E-state index contributed by atoms with van der Waals surface area (Å²) in [5.74, 6) is -2.10. The average molecular weight is 341 g/mol. The van der Waals surface area contributed by atoms with Crippen LogP contribution in [0.15, 0.2) is 24.3 Å². The van der Waals surface area contributed by atoms with Crippen LogP contribution < -0.4 is 10.4 Å². The summed E-state index contributed by atoms with van der Waals surface area (Å²) >= 11 is 0. The Hall–Kier alpha value is -2.70. The largest absolute Gasteiger partial charge is 0.545 e. The number of carbonyl (C=O) groups excluding carboxylic acids is 4. The summed E-state index contributed by atoms with van der Waals surface area (Å²) < 4.78 is 0. The van der Waals surface area contributed by atoms with Gasteiger partial charge in [-0.1, -0.05) is 12.1 Å². The van der Waals surface area contributed by atoms with Crippen LogP contribution in [0.5, 0.6) is 0 Å². The quantitative estimate of drug-likeness (QED) is 0.777. The van der Waals surface area contributed by atoms with Crippen molar-refractivity contribution in [3.05, 3.63) is 29.8 Å². The molecule has 1 saturated heterocycles. The molecule has 7 heteroatoms. The van der Waals surface area contributed by atoms with Gasteiger partial charge in [0, 0.05) is 5.69 Å². The molecule has 2 bridgehead atoms. The third kappa shape index (κ3) is 2.50. The lowest BCUT2D eigenvalue weighted by atomic mass is 9.81. The minimum Gasteiger partial charge on any atom is -0.545 e. The highest BCUT2D eigenvalue weighted by atomic mass is 16.4. The predicted molar refractivity (Wildman–Crippen MR) is 83.9 cm³/mol. The molecule has 7 nitrogen and oxygen atoms in total. The van der Waals surface area contributed by atoms with E-state index in [1.165, 1.54) is 24.3 Å². The van der Waals surface area contributed by atoms with Crippen molar-refractivity contribution in [1.82, 2.24) is 4.90 Å². The predicted octanol–water partition coefficient (Wildman–Crippen LogP) is 0.0197. The highest BCUT2D eigenvalue weighted by Gasteiger charge is 2.60. The summed E-state index contributed by atoms with van der Waals surface area (Å²) in [5, 5.41) is 13.3. The number of likely N-dealkylation sites (tertiary alicyclic amines) is 1. The third-order valence-corrected chi connectivity index (χ3v) is 5.72. The molecule has 3 aliphatic rings. The van der Waals surface area contributed by atoms with E-state index >= 15 is 0 Å². The number of nitrogens with one attached hydrogen (secondary N) is 1. The number of amides is 3. The van der Waals surface area contributed by atoms with Gasteiger partial charge in [-0.05, 0) is 48.8 Å². The van der Waals surface area contributed by atoms with E-state index in [4.69, 9.17) is 0 Å². The Morgan fingerprint density at radius 2 is 1.60 bits per heavy atom. The van der Waals surface area contributed by atoms with Gasteiger partial charge >= 0.3 is 0 Å². The highest BCUT2D eigenvalue weighted by Crippen LogP contribution is 2.56. The van der Waals surface area contributed by atoms with Crippen molar-refractivity contribution in [3.8, 4) is 0 Å². The van der Waals surface area contributed by atoms with Crippen molar-refractivity contribution in [3.63, 3.8) is 0 Å². The third-order valence-electron chi connectivity index (χ3n) is 5.72. The smallest absolute Gasteiger partial charge is 0.244 e. The van der Waals surface area contributed by atoms with Crippen LogP contribution in [0.2, 0.25) is 0 Å². The van der Waals surface area contributed by atoms with Crippen molar-refractivity contribution < 1.29 is 24.3 Å². The average Bonchev–Trinajstić information content (AvgIpc) is 3.25. The number of anilines is 1. The summed E-state index contributed by atoms with van der Waals surface area (Å²) in [5.41, 5.74) is 0.403. The van der Waals surface area contributed by atoms with E-state index in [1.54, 1.807) is 0 Å². The Kier molecular flexibility index (Phi) is 3.59. The molecule has 4 rings (SSSR count). The molecule has 0 spiro atoms. The van der Waals surface area contributed by atoms with Gasteiger partial charge in [0.25, 0.3) is 0 Å². The van der Waals surface area contributed by atoms with Gasteiger partial charge in [0.15, 0.2) is 0 Å². The zero-order valence-electron chi connectivity index (χ0n) is 13.4. The monoisotopic (exact) mass is 341 g/mol. The maximum Gasteiger partial charge on any atom is 0.244 e. The zero-order chi connectivity index (χ0) is 17.7. The highest BCUT2D eigenvalue weighted by molar-refractivity contribution is 6.09. The fraction of sp³-hybridized carbons (Fsp3) is 0.444. The Labute approximate surface area is 144 Å². The lowest BCUT2D eigenvalue weighted by Gasteiger charge is -2.19. The van der Waals surface area contributed by atoms with Crippen molar-refractivity contribution in [1.29, 1.82) is 0 Å². The molecular weight excluding hydrogens is 324 g/mol. The maximum atomic E-state index is 12.5. The number of fused-ring (bicyclic) bond motifs is 5. The molecule has 4 atom stereocenters. The van der Waals surface area contributed by atoms with Gasteiger partial charge in [-0.15, -0.1) is 0 Å². The number of nitrogens with zero attached hydrogens (tertiary/aromatic N) is 1. The van der Waals surface area contributed by atoms with Crippen LogP contribution in [-0.2, 0) is 14.4 Å². The van der Waals surface area contributed by atoms with Crippen LogP contribution in [0.4, 0.5) is 5.69 Å². The number of carboxylic acid groups (broad SMARTS) is 1. The van der Waals surface area contributed by atoms with Gasteiger partial charge in [-0.2, -0.15) is 0 Å². The minimum absolute atomic E-state index is 0.00574. The normalized spacial score (nSPS) is 29.8. The van der Waals surface area contributed by atoms with Crippen LogP contribution in [0.1, 0.15) is 29.6 Å². The number of hydrogen-bond acceptors (Lipinski definition) is 5. The van der Waals surface area contributed by atoms with Gasteiger partial charge in [-0.3, -0.25) is 19.3 Å². The number of aromatic carboxylic acids is 1. The van der Waals surface area contributed by atoms with Crippen LogP contribution in [0, 0.1) is 23.7 Å². The number of carboxylic acids is 1. The molecule has 0 unspecified atom stereocenters. The number of rotatable bonds is 4. The zero-order valence-corrected chi connectivity index (χ0v) is 13.4. The molecule has 0 radical (unpaired) electrons. The van der Waals surface area contributed by atoms with Crippen LogP contribution >= 0.6 is 0 Å². The molecule has 25 heavy (non-hydrogen) atoms. The Morgan fingerprint density at radius 1 is 1.04 bits per heavy atom. The Morgan fingerprint density at radius 3 is 2.12 bits per heavy atom. The van der Waals surface area contributed by atoms with Gasteiger partial charge < -0.3 is 15.2 Å². The number of hydrogen-bond donors (Lipinski definition) is 1. The van der Waals surface area contributed by atoms with Gasteiger partial charge in [0.1, 0.15) is 6.54 Å². The van der Waals surface area contributed by atoms with Crippen LogP contribution in [0.3, 0.4) is 0 Å². The van der Waals surface area contributed by atoms with Gasteiger partial charge in [0.05, 0.1) is 17.8 Å². The first-order chi connectivity index (χ1) is 12.0. The maximum absolute atomic E-state index is 12.5. The molecule has 1 aliphatic heterocycles. The molecule has 1 heterocycles. The first-order valence-electron chi connectivity index (χ1n) is 8.42. The van der Waals surface area contributed by atoms with E-state index in [9.17, 15) is 24.3 Å². The van der Waals surface area contributed by atoms with E-state index in [2.05, 4.69) is 5.32 Å². The first-order valence-corrected chi connectivity index (χ1v) is 8.42. The standard InChI is InChI=1S/C18H18N2O5/c21-13(19-12-5-3-9(4-6-12)18(24)25)8-20-16(22)14-10-1-2-11(7-10)15(14)17(20)23/h3-6,10-11,14-15H,1-2,7-8H2,(H,19,21)(H,24,25)/p-1/t10-,11+,14-,15+. The number of imide groups is 1. The number of benzene rings is 1. The molecule has 1 aromatic carbocycles. The van der Waals surface area contributed by atoms with E-state index < -0.39 is 11.9 Å². The second kappa shape index (κ2) is 5.68. The minimum atomic E-state index is -1.30. The molecule has 3 amide bonds. The summed E-state index contributed by atoms with van der Waals surface area (Å²) in [7, 11) is 0. The molecule has 2 aliphatic carbocycles. The van der Waals surface area contributed by atoms with Crippen molar-refractivity contribution in [2.24, 2.45) is 23.7 Å². The second-order valence-corrected chi connectivity index (χ2v) is 7.06. The SMILES string of the molecule is O=C(CN1C(=O)[C@@H]2[C@@H]3CC[C@@H](C3)[C@@H]2C1=O)Nc1ccc(C(=O)[O-])cc1. The molecule has 130 valence electrons. The summed E-state index contributed by atoms with van der Waals surface area (Å²) in [6, 6.07) is 5.51. The Bertz CT molecular complexity index is 744. The lowest BCUT2D eigenvalue weighted by molar-refractivity contribution is -0.255. The Balaban J connectivity index is 1.42. The fourth-order valence-electron chi connectivity index (χ4n) is 4.66. The molecular formula is C18H17N2O5-. The molecule has 2 saturated carbocycles. The van der Waals surface area contributed by atoms with Crippen molar-refractivity contribution >= 4 is 29.4 Å². The summed E-state index contributed by atoms with van der Waals surface area (Å²) in [4.78, 5) is 49.1.